The first-order chi connectivity index (χ1) is 11.7. The zero-order chi connectivity index (χ0) is 18.6. The quantitative estimate of drug-likeness (QED) is 0.703. The standard InChI is InChI=1S/C17H21ClN2O3S2/c1-17(2,3)13-8-24-16(20-13)25-9-14(21)19-11-6-10(22-4)7-12(23-5)15(11)18/h6-8H,9H2,1-5H3,(H,19,21). The summed E-state index contributed by atoms with van der Waals surface area (Å²) in [6.45, 7) is 6.34. The molecule has 5 nitrogen and oxygen atoms in total. The van der Waals surface area contributed by atoms with E-state index < -0.39 is 0 Å². The smallest absolute Gasteiger partial charge is 0.234 e. The maximum absolute atomic E-state index is 12.2. The molecule has 0 unspecified atom stereocenters. The zero-order valence-corrected chi connectivity index (χ0v) is 17.2. The van der Waals surface area contributed by atoms with Crippen LogP contribution in [0.3, 0.4) is 0 Å². The van der Waals surface area contributed by atoms with Gasteiger partial charge in [0.05, 0.1) is 31.4 Å². The lowest BCUT2D eigenvalue weighted by molar-refractivity contribution is -0.113. The number of benzene rings is 1. The van der Waals surface area contributed by atoms with Gasteiger partial charge in [-0.1, -0.05) is 44.1 Å². The van der Waals surface area contributed by atoms with Crippen LogP contribution in [0, 0.1) is 0 Å². The van der Waals surface area contributed by atoms with Gasteiger partial charge in [0.15, 0.2) is 4.34 Å². The minimum atomic E-state index is -0.172. The molecule has 25 heavy (non-hydrogen) atoms. The second-order valence-corrected chi connectivity index (χ2v) is 8.74. The number of amides is 1. The van der Waals surface area contributed by atoms with E-state index in [1.165, 1.54) is 18.9 Å². The second kappa shape index (κ2) is 8.29. The van der Waals surface area contributed by atoms with Crippen LogP contribution in [0.5, 0.6) is 11.5 Å². The van der Waals surface area contributed by atoms with Crippen LogP contribution in [-0.2, 0) is 10.2 Å². The Hall–Kier alpha value is -1.44. The first kappa shape index (κ1) is 19.9. The molecule has 1 aromatic carbocycles. The third kappa shape index (κ3) is 5.26. The monoisotopic (exact) mass is 400 g/mol. The number of rotatable bonds is 6. The molecule has 0 spiro atoms. The van der Waals surface area contributed by atoms with Crippen LogP contribution in [0.4, 0.5) is 5.69 Å². The van der Waals surface area contributed by atoms with E-state index in [0.29, 0.717) is 22.2 Å². The third-order valence-electron chi connectivity index (χ3n) is 3.32. The summed E-state index contributed by atoms with van der Waals surface area (Å²) in [5.41, 5.74) is 1.49. The third-order valence-corrected chi connectivity index (χ3v) is 5.73. The lowest BCUT2D eigenvalue weighted by Gasteiger charge is -2.14. The van der Waals surface area contributed by atoms with E-state index in [4.69, 9.17) is 21.1 Å². The largest absolute Gasteiger partial charge is 0.497 e. The minimum Gasteiger partial charge on any atom is -0.497 e. The van der Waals surface area contributed by atoms with Crippen LogP contribution < -0.4 is 14.8 Å². The van der Waals surface area contributed by atoms with Crippen molar-refractivity contribution in [1.29, 1.82) is 0 Å². The summed E-state index contributed by atoms with van der Waals surface area (Å²) in [5, 5.41) is 5.16. The Balaban J connectivity index is 2.02. The number of anilines is 1. The summed E-state index contributed by atoms with van der Waals surface area (Å²) < 4.78 is 11.3. The van der Waals surface area contributed by atoms with Crippen LogP contribution in [0.1, 0.15) is 26.5 Å². The van der Waals surface area contributed by atoms with Crippen molar-refractivity contribution >= 4 is 46.3 Å². The van der Waals surface area contributed by atoms with Gasteiger partial charge in [-0.2, -0.15) is 0 Å². The van der Waals surface area contributed by atoms with Gasteiger partial charge in [0, 0.05) is 22.9 Å². The van der Waals surface area contributed by atoms with E-state index >= 15 is 0 Å². The van der Waals surface area contributed by atoms with Gasteiger partial charge in [-0.25, -0.2) is 4.98 Å². The topological polar surface area (TPSA) is 60.5 Å². The van der Waals surface area contributed by atoms with E-state index in [2.05, 4.69) is 31.1 Å². The van der Waals surface area contributed by atoms with E-state index in [1.54, 1.807) is 30.6 Å². The predicted molar refractivity (Wildman–Crippen MR) is 105 cm³/mol. The van der Waals surface area contributed by atoms with E-state index in [1.807, 2.05) is 5.38 Å². The fourth-order valence-corrected chi connectivity index (χ4v) is 4.00. The SMILES string of the molecule is COc1cc(NC(=O)CSc2nc(C(C)(C)C)cs2)c(Cl)c(OC)c1. The molecule has 2 aromatic rings. The highest BCUT2D eigenvalue weighted by Gasteiger charge is 2.18. The van der Waals surface area contributed by atoms with Gasteiger partial charge in [0.1, 0.15) is 16.5 Å². The molecule has 0 saturated carbocycles. The number of hydrogen-bond acceptors (Lipinski definition) is 6. The number of aromatic nitrogens is 1. The molecule has 8 heteroatoms. The molecule has 1 aromatic heterocycles. The number of halogens is 1. The Labute approximate surface area is 161 Å². The van der Waals surface area contributed by atoms with Crippen molar-refractivity contribution in [2.45, 2.75) is 30.5 Å². The fourth-order valence-electron chi connectivity index (χ4n) is 1.91. The van der Waals surface area contributed by atoms with Crippen molar-refractivity contribution in [3.05, 3.63) is 28.2 Å². The molecule has 1 amide bonds. The number of carbonyl (C=O) groups is 1. The highest BCUT2D eigenvalue weighted by molar-refractivity contribution is 8.01. The summed E-state index contributed by atoms with van der Waals surface area (Å²) in [5.74, 6) is 1.07. The van der Waals surface area contributed by atoms with Gasteiger partial charge in [-0.3, -0.25) is 4.79 Å². The molecule has 1 N–H and O–H groups in total. The van der Waals surface area contributed by atoms with Crippen LogP contribution in [0.2, 0.25) is 5.02 Å². The van der Waals surface area contributed by atoms with E-state index in [0.717, 1.165) is 10.0 Å². The summed E-state index contributed by atoms with van der Waals surface area (Å²) >= 11 is 9.19. The number of ether oxygens (including phenoxy) is 2. The maximum Gasteiger partial charge on any atom is 0.234 e. The number of nitrogens with zero attached hydrogens (tertiary/aromatic N) is 1. The summed E-state index contributed by atoms with van der Waals surface area (Å²) in [6.07, 6.45) is 0. The van der Waals surface area contributed by atoms with Crippen LogP contribution in [-0.4, -0.2) is 30.9 Å². The van der Waals surface area contributed by atoms with Crippen molar-refractivity contribution in [3.8, 4) is 11.5 Å². The summed E-state index contributed by atoms with van der Waals surface area (Å²) in [4.78, 5) is 16.8. The van der Waals surface area contributed by atoms with Crippen LogP contribution in [0.15, 0.2) is 21.9 Å². The Kier molecular flexibility index (Phi) is 6.59. The number of methoxy groups -OCH3 is 2. The molecule has 0 aliphatic carbocycles. The molecule has 136 valence electrons. The highest BCUT2D eigenvalue weighted by atomic mass is 35.5. The van der Waals surface area contributed by atoms with Crippen LogP contribution >= 0.6 is 34.7 Å². The average molecular weight is 401 g/mol. The lowest BCUT2D eigenvalue weighted by atomic mass is 9.93. The average Bonchev–Trinajstić information content (AvgIpc) is 3.04. The number of nitrogens with one attached hydrogen (secondary N) is 1. The Morgan fingerprint density at radius 1 is 1.32 bits per heavy atom. The zero-order valence-electron chi connectivity index (χ0n) is 14.8. The Morgan fingerprint density at radius 3 is 2.60 bits per heavy atom. The number of carbonyl (C=O) groups excluding carboxylic acids is 1. The number of hydrogen-bond donors (Lipinski definition) is 1. The second-order valence-electron chi connectivity index (χ2n) is 6.28. The molecule has 2 rings (SSSR count). The molecular formula is C17H21ClN2O3S2. The van der Waals surface area contributed by atoms with E-state index in [-0.39, 0.29) is 17.1 Å². The van der Waals surface area contributed by atoms with Crippen LogP contribution in [0.25, 0.3) is 0 Å². The number of thiazole rings is 1. The highest BCUT2D eigenvalue weighted by Crippen LogP contribution is 2.37. The van der Waals surface area contributed by atoms with Crippen molar-refractivity contribution < 1.29 is 14.3 Å². The Bertz CT molecular complexity index is 757. The molecule has 0 bridgehead atoms. The fraction of sp³-hybridized carbons (Fsp3) is 0.412. The first-order valence-electron chi connectivity index (χ1n) is 7.54. The summed E-state index contributed by atoms with van der Waals surface area (Å²) in [7, 11) is 3.05. The number of thioether (sulfide) groups is 1. The minimum absolute atomic E-state index is 0.00222. The van der Waals surface area contributed by atoms with Crippen molar-refractivity contribution in [1.82, 2.24) is 4.98 Å². The molecule has 0 atom stereocenters. The molecule has 0 aliphatic rings. The van der Waals surface area contributed by atoms with Gasteiger partial charge in [-0.15, -0.1) is 11.3 Å². The Morgan fingerprint density at radius 2 is 2.04 bits per heavy atom. The predicted octanol–water partition coefficient (Wildman–Crippen LogP) is 4.84. The van der Waals surface area contributed by atoms with Gasteiger partial charge in [-0.05, 0) is 0 Å². The van der Waals surface area contributed by atoms with Crippen molar-refractivity contribution in [2.24, 2.45) is 0 Å². The van der Waals surface area contributed by atoms with Gasteiger partial charge >= 0.3 is 0 Å². The lowest BCUT2D eigenvalue weighted by Crippen LogP contribution is -2.15. The van der Waals surface area contributed by atoms with Gasteiger partial charge < -0.3 is 14.8 Å². The molecule has 0 fully saturated rings. The molecule has 0 radical (unpaired) electrons. The van der Waals surface area contributed by atoms with Crippen molar-refractivity contribution in [3.63, 3.8) is 0 Å². The first-order valence-corrected chi connectivity index (χ1v) is 9.79. The van der Waals surface area contributed by atoms with Gasteiger partial charge in [0.25, 0.3) is 0 Å². The van der Waals surface area contributed by atoms with Crippen molar-refractivity contribution in [2.75, 3.05) is 25.3 Å². The molecule has 0 saturated heterocycles. The molecular weight excluding hydrogens is 380 g/mol. The molecule has 1 heterocycles. The van der Waals surface area contributed by atoms with Gasteiger partial charge in [0.2, 0.25) is 5.91 Å². The molecule has 0 aliphatic heterocycles. The maximum atomic E-state index is 12.2. The summed E-state index contributed by atoms with van der Waals surface area (Å²) in [6, 6.07) is 3.32. The van der Waals surface area contributed by atoms with E-state index in [9.17, 15) is 4.79 Å². The normalized spacial score (nSPS) is 11.3.